The summed E-state index contributed by atoms with van der Waals surface area (Å²) in [5, 5.41) is 0. The number of rotatable bonds is 9. The number of unbranched alkanes of at least 4 members (excludes halogenated alkanes) is 1. The first-order chi connectivity index (χ1) is 9.70. The number of carbonyl (C=O) groups is 2. The van der Waals surface area contributed by atoms with Gasteiger partial charge in [0.2, 0.25) is 0 Å². The van der Waals surface area contributed by atoms with Crippen molar-refractivity contribution in [3.05, 3.63) is 0 Å². The molecular formula is C14H23F3O4. The lowest BCUT2D eigenvalue weighted by atomic mass is 10.1. The molecule has 2 unspecified atom stereocenters. The third-order valence-electron chi connectivity index (χ3n) is 2.94. The monoisotopic (exact) mass is 312 g/mol. The summed E-state index contributed by atoms with van der Waals surface area (Å²) in [6, 6.07) is 0. The van der Waals surface area contributed by atoms with E-state index >= 15 is 0 Å². The molecule has 0 aliphatic carbocycles. The van der Waals surface area contributed by atoms with Crippen LogP contribution < -0.4 is 0 Å². The van der Waals surface area contributed by atoms with E-state index in [0.29, 0.717) is 6.42 Å². The van der Waals surface area contributed by atoms with Crippen LogP contribution in [0, 0.1) is 0 Å². The summed E-state index contributed by atoms with van der Waals surface area (Å²) >= 11 is 0. The van der Waals surface area contributed by atoms with Crippen LogP contribution in [0.2, 0.25) is 0 Å². The van der Waals surface area contributed by atoms with Gasteiger partial charge in [0.1, 0.15) is 6.10 Å². The highest BCUT2D eigenvalue weighted by Crippen LogP contribution is 2.22. The molecule has 0 rings (SSSR count). The smallest absolute Gasteiger partial charge is 0.425 e. The molecule has 0 aliphatic heterocycles. The zero-order valence-electron chi connectivity index (χ0n) is 12.7. The van der Waals surface area contributed by atoms with E-state index in [4.69, 9.17) is 4.74 Å². The minimum atomic E-state index is -4.59. The maximum Gasteiger partial charge on any atom is 0.425 e. The number of ether oxygens (including phenoxy) is 2. The minimum absolute atomic E-state index is 0.206. The summed E-state index contributed by atoms with van der Waals surface area (Å²) in [5.41, 5.74) is 0. The van der Waals surface area contributed by atoms with E-state index in [1.54, 1.807) is 0 Å². The minimum Gasteiger partial charge on any atom is -0.462 e. The predicted octanol–water partition coefficient (Wildman–Crippen LogP) is 3.77. The normalized spacial score (nSPS) is 14.4. The number of hydrogen-bond donors (Lipinski definition) is 0. The van der Waals surface area contributed by atoms with E-state index in [9.17, 15) is 22.8 Å². The first-order valence-corrected chi connectivity index (χ1v) is 7.16. The van der Waals surface area contributed by atoms with Gasteiger partial charge in [-0.1, -0.05) is 26.7 Å². The molecule has 2 atom stereocenters. The molecule has 0 aromatic rings. The molecule has 0 heterocycles. The highest BCUT2D eigenvalue weighted by molar-refractivity contribution is 5.77. The summed E-state index contributed by atoms with van der Waals surface area (Å²) in [6.45, 7) is 4.65. The lowest BCUT2D eigenvalue weighted by molar-refractivity contribution is -0.216. The van der Waals surface area contributed by atoms with E-state index in [0.717, 1.165) is 26.2 Å². The summed E-state index contributed by atoms with van der Waals surface area (Å²) in [7, 11) is 0. The van der Waals surface area contributed by atoms with Gasteiger partial charge in [-0.25, -0.2) is 0 Å². The lowest BCUT2D eigenvalue weighted by Crippen LogP contribution is -2.31. The Hall–Kier alpha value is -1.27. The molecule has 0 amide bonds. The molecule has 0 N–H and O–H groups in total. The van der Waals surface area contributed by atoms with Crippen molar-refractivity contribution in [3.8, 4) is 0 Å². The summed E-state index contributed by atoms with van der Waals surface area (Å²) in [5.74, 6) is -1.65. The van der Waals surface area contributed by atoms with Gasteiger partial charge in [-0.3, -0.25) is 9.59 Å². The van der Waals surface area contributed by atoms with E-state index in [-0.39, 0.29) is 12.5 Å². The van der Waals surface area contributed by atoms with Gasteiger partial charge in [0.15, 0.2) is 6.10 Å². The quantitative estimate of drug-likeness (QED) is 0.608. The van der Waals surface area contributed by atoms with Crippen molar-refractivity contribution in [1.82, 2.24) is 0 Å². The second-order valence-corrected chi connectivity index (χ2v) is 4.84. The molecule has 0 saturated heterocycles. The highest BCUT2D eigenvalue weighted by atomic mass is 19.4. The predicted molar refractivity (Wildman–Crippen MR) is 70.5 cm³/mol. The van der Waals surface area contributed by atoms with Crippen LogP contribution in [0.25, 0.3) is 0 Å². The van der Waals surface area contributed by atoms with Crippen molar-refractivity contribution in [2.24, 2.45) is 0 Å². The fraction of sp³-hybridized carbons (Fsp3) is 0.857. The van der Waals surface area contributed by atoms with E-state index in [1.165, 1.54) is 0 Å². The Balaban J connectivity index is 4.04. The van der Waals surface area contributed by atoms with E-state index in [2.05, 4.69) is 4.74 Å². The Morgan fingerprint density at radius 2 is 1.57 bits per heavy atom. The number of hydrogen-bond acceptors (Lipinski definition) is 4. The first-order valence-electron chi connectivity index (χ1n) is 7.16. The number of alkyl halides is 3. The van der Waals surface area contributed by atoms with Crippen LogP contribution >= 0.6 is 0 Å². The van der Waals surface area contributed by atoms with Gasteiger partial charge in [-0.2, -0.15) is 13.2 Å². The molecule has 21 heavy (non-hydrogen) atoms. The number of halogens is 3. The average molecular weight is 312 g/mol. The van der Waals surface area contributed by atoms with Gasteiger partial charge in [-0.15, -0.1) is 0 Å². The summed E-state index contributed by atoms with van der Waals surface area (Å²) < 4.78 is 45.9. The molecular weight excluding hydrogens is 289 g/mol. The molecule has 0 aliphatic rings. The summed E-state index contributed by atoms with van der Waals surface area (Å²) in [6.07, 6.45) is -4.34. The van der Waals surface area contributed by atoms with Crippen molar-refractivity contribution in [1.29, 1.82) is 0 Å². The van der Waals surface area contributed by atoms with Crippen molar-refractivity contribution >= 4 is 11.9 Å². The van der Waals surface area contributed by atoms with Crippen LogP contribution in [0.3, 0.4) is 0 Å². The fourth-order valence-corrected chi connectivity index (χ4v) is 1.55. The molecule has 0 bridgehead atoms. The van der Waals surface area contributed by atoms with Crippen LogP contribution in [-0.4, -0.2) is 30.3 Å². The van der Waals surface area contributed by atoms with E-state index in [1.807, 2.05) is 13.8 Å². The molecule has 0 aromatic carbocycles. The largest absolute Gasteiger partial charge is 0.462 e. The Morgan fingerprint density at radius 3 is 2.00 bits per heavy atom. The van der Waals surface area contributed by atoms with Crippen molar-refractivity contribution in [3.63, 3.8) is 0 Å². The highest BCUT2D eigenvalue weighted by Gasteiger charge is 2.39. The first kappa shape index (κ1) is 19.7. The molecule has 0 radical (unpaired) electrons. The Kier molecular flexibility index (Phi) is 9.05. The second-order valence-electron chi connectivity index (χ2n) is 4.84. The topological polar surface area (TPSA) is 52.6 Å². The van der Waals surface area contributed by atoms with Gasteiger partial charge >= 0.3 is 18.1 Å². The standard InChI is InChI=1S/C14H23F3O4/c1-4-6-7-11(5-2)21-13(19)9-8-12(18)20-10(3)14(15,16)17/h10-11H,4-9H2,1-3H3. The van der Waals surface area contributed by atoms with E-state index < -0.39 is 30.6 Å². The van der Waals surface area contributed by atoms with Crippen LogP contribution in [0.4, 0.5) is 13.2 Å². The zero-order valence-corrected chi connectivity index (χ0v) is 12.7. The third-order valence-corrected chi connectivity index (χ3v) is 2.94. The Bertz CT molecular complexity index is 329. The van der Waals surface area contributed by atoms with Gasteiger partial charge < -0.3 is 9.47 Å². The van der Waals surface area contributed by atoms with Gasteiger partial charge in [0, 0.05) is 0 Å². The Morgan fingerprint density at radius 1 is 1.05 bits per heavy atom. The fourth-order valence-electron chi connectivity index (χ4n) is 1.55. The molecule has 124 valence electrons. The zero-order chi connectivity index (χ0) is 16.5. The third kappa shape index (κ3) is 9.31. The molecule has 0 aromatic heterocycles. The van der Waals surface area contributed by atoms with Gasteiger partial charge in [0.25, 0.3) is 0 Å². The Labute approximate surface area is 123 Å². The molecule has 0 saturated carbocycles. The van der Waals surface area contributed by atoms with Crippen molar-refractivity contribution in [2.45, 2.75) is 77.7 Å². The van der Waals surface area contributed by atoms with Gasteiger partial charge in [0.05, 0.1) is 12.8 Å². The molecule has 0 spiro atoms. The van der Waals surface area contributed by atoms with Crippen molar-refractivity contribution in [2.75, 3.05) is 0 Å². The SMILES string of the molecule is CCCCC(CC)OC(=O)CCC(=O)OC(C)C(F)(F)F. The van der Waals surface area contributed by atoms with Crippen LogP contribution in [0.5, 0.6) is 0 Å². The van der Waals surface area contributed by atoms with Gasteiger partial charge in [-0.05, 0) is 19.8 Å². The second kappa shape index (κ2) is 9.63. The maximum atomic E-state index is 12.2. The van der Waals surface area contributed by atoms with Crippen LogP contribution in [-0.2, 0) is 19.1 Å². The van der Waals surface area contributed by atoms with Crippen LogP contribution in [0.1, 0.15) is 59.3 Å². The maximum absolute atomic E-state index is 12.2. The number of carbonyl (C=O) groups excluding carboxylic acids is 2. The average Bonchev–Trinajstić information content (AvgIpc) is 2.40. The van der Waals surface area contributed by atoms with Crippen LogP contribution in [0.15, 0.2) is 0 Å². The van der Waals surface area contributed by atoms with Crippen molar-refractivity contribution < 1.29 is 32.2 Å². The molecule has 4 nitrogen and oxygen atoms in total. The molecule has 7 heteroatoms. The molecule has 0 fully saturated rings. The number of esters is 2. The summed E-state index contributed by atoms with van der Waals surface area (Å²) in [4.78, 5) is 22.7. The lowest BCUT2D eigenvalue weighted by Gasteiger charge is -2.17.